The average molecular weight is 398 g/mol. The number of hydrogen-bond donors (Lipinski definition) is 0. The molecular weight excluding hydrogens is 376 g/mol. The van der Waals surface area contributed by atoms with Crippen molar-refractivity contribution < 1.29 is 24.0 Å². The summed E-state index contributed by atoms with van der Waals surface area (Å²) >= 11 is 0. The van der Waals surface area contributed by atoms with Gasteiger partial charge in [0.25, 0.3) is 11.8 Å². The fourth-order valence-electron chi connectivity index (χ4n) is 3.07. The smallest absolute Gasteiger partial charge is 0.335 e. The number of hydrogen-bond acceptors (Lipinski definition) is 6. The molecule has 1 fully saturated rings. The third kappa shape index (κ3) is 4.90. The van der Waals surface area contributed by atoms with Gasteiger partial charge in [-0.05, 0) is 12.0 Å². The molecule has 0 aliphatic carbocycles. The number of aromatic nitrogens is 1. The molecule has 0 unspecified atom stereocenters. The molecule has 0 saturated carbocycles. The predicted molar refractivity (Wildman–Crippen MR) is 103 cm³/mol. The number of rotatable bonds is 8. The molecule has 152 valence electrons. The van der Waals surface area contributed by atoms with Crippen LogP contribution in [0.1, 0.15) is 37.4 Å². The fraction of sp³-hybridized carbons (Fsp3) is 0.333. The first-order valence-corrected chi connectivity index (χ1v) is 9.45. The summed E-state index contributed by atoms with van der Waals surface area (Å²) in [5.74, 6) is -1.48. The molecule has 29 heavy (non-hydrogen) atoms. The molecule has 0 spiro atoms. The van der Waals surface area contributed by atoms with E-state index in [-0.39, 0.29) is 43.6 Å². The van der Waals surface area contributed by atoms with E-state index in [1.54, 1.807) is 10.8 Å². The summed E-state index contributed by atoms with van der Waals surface area (Å²) in [6.07, 6.45) is 2.15. The van der Waals surface area contributed by atoms with Crippen molar-refractivity contribution in [3.05, 3.63) is 64.1 Å². The lowest BCUT2D eigenvalue weighted by molar-refractivity contribution is -0.197. The van der Waals surface area contributed by atoms with Crippen molar-refractivity contribution >= 4 is 17.8 Å². The maximum absolute atomic E-state index is 12.3. The van der Waals surface area contributed by atoms with Gasteiger partial charge in [-0.3, -0.25) is 14.4 Å². The second kappa shape index (κ2) is 9.18. The molecule has 1 saturated heterocycles. The molecule has 2 heterocycles. The number of carbonyl (C=O) groups is 3. The molecule has 1 aromatic carbocycles. The summed E-state index contributed by atoms with van der Waals surface area (Å²) in [5.41, 5.74) is 1.37. The minimum atomic E-state index is -0.693. The van der Waals surface area contributed by atoms with Crippen LogP contribution in [-0.2, 0) is 38.8 Å². The lowest BCUT2D eigenvalue weighted by atomic mass is 10.2. The quantitative estimate of drug-likeness (QED) is 0.631. The Bertz CT molecular complexity index is 951. The van der Waals surface area contributed by atoms with Crippen LogP contribution in [0.25, 0.3) is 0 Å². The van der Waals surface area contributed by atoms with Crippen molar-refractivity contribution in [3.8, 4) is 5.75 Å². The van der Waals surface area contributed by atoms with Crippen LogP contribution < -0.4 is 10.2 Å². The Balaban J connectivity index is 1.67. The van der Waals surface area contributed by atoms with Gasteiger partial charge in [-0.1, -0.05) is 37.3 Å². The van der Waals surface area contributed by atoms with Gasteiger partial charge in [0.15, 0.2) is 5.75 Å². The first kappa shape index (κ1) is 20.3. The number of benzene rings is 1. The Morgan fingerprint density at radius 2 is 1.72 bits per heavy atom. The van der Waals surface area contributed by atoms with Crippen molar-refractivity contribution in [2.24, 2.45) is 0 Å². The fourth-order valence-corrected chi connectivity index (χ4v) is 3.07. The van der Waals surface area contributed by atoms with Gasteiger partial charge in [0, 0.05) is 31.6 Å². The molecule has 3 rings (SSSR count). The Hall–Kier alpha value is -3.42. The molecule has 0 N–H and O–H groups in total. The molecular formula is C21H22N2O6. The minimum Gasteiger partial charge on any atom is -0.483 e. The summed E-state index contributed by atoms with van der Waals surface area (Å²) in [6, 6.07) is 10.9. The standard InChI is InChI=1S/C21H22N2O6/c1-2-16-21(28-14-15-6-4-3-5-7-15)17(24)10-12-22(16)13-11-20(27)29-23-18(25)8-9-19(23)26/h3-7,10,12H,2,8-9,11,13-14H2,1H3. The van der Waals surface area contributed by atoms with E-state index in [1.165, 1.54) is 6.07 Å². The van der Waals surface area contributed by atoms with Crippen LogP contribution in [0.5, 0.6) is 5.75 Å². The number of nitrogens with zero attached hydrogens (tertiary/aromatic N) is 2. The number of carbonyl (C=O) groups excluding carboxylic acids is 3. The van der Waals surface area contributed by atoms with E-state index in [9.17, 15) is 19.2 Å². The van der Waals surface area contributed by atoms with E-state index in [0.717, 1.165) is 5.56 Å². The number of amides is 2. The van der Waals surface area contributed by atoms with Crippen LogP contribution in [-0.4, -0.2) is 27.4 Å². The normalized spacial score (nSPS) is 13.6. The van der Waals surface area contributed by atoms with Gasteiger partial charge in [-0.15, -0.1) is 5.06 Å². The highest BCUT2D eigenvalue weighted by Gasteiger charge is 2.32. The van der Waals surface area contributed by atoms with E-state index in [0.29, 0.717) is 17.2 Å². The van der Waals surface area contributed by atoms with Crippen LogP contribution >= 0.6 is 0 Å². The van der Waals surface area contributed by atoms with Gasteiger partial charge in [0.1, 0.15) is 6.61 Å². The Kier molecular flexibility index (Phi) is 6.43. The predicted octanol–water partition coefficient (Wildman–Crippen LogP) is 1.99. The lowest BCUT2D eigenvalue weighted by Crippen LogP contribution is -2.32. The van der Waals surface area contributed by atoms with Gasteiger partial charge in [-0.25, -0.2) is 4.79 Å². The van der Waals surface area contributed by atoms with Crippen LogP contribution in [0, 0.1) is 0 Å². The van der Waals surface area contributed by atoms with E-state index in [1.807, 2.05) is 37.3 Å². The van der Waals surface area contributed by atoms with Gasteiger partial charge < -0.3 is 14.1 Å². The zero-order valence-corrected chi connectivity index (χ0v) is 16.1. The first-order chi connectivity index (χ1) is 14.0. The summed E-state index contributed by atoms with van der Waals surface area (Å²) in [5, 5.41) is 0.531. The van der Waals surface area contributed by atoms with E-state index >= 15 is 0 Å². The van der Waals surface area contributed by atoms with E-state index in [4.69, 9.17) is 9.57 Å². The van der Waals surface area contributed by atoms with Crippen molar-refractivity contribution in [3.63, 3.8) is 0 Å². The monoisotopic (exact) mass is 398 g/mol. The summed E-state index contributed by atoms with van der Waals surface area (Å²) in [4.78, 5) is 52.3. The molecule has 0 bridgehead atoms. The number of hydroxylamine groups is 2. The average Bonchev–Trinajstić information content (AvgIpc) is 3.04. The third-order valence-corrected chi connectivity index (χ3v) is 4.56. The summed E-state index contributed by atoms with van der Waals surface area (Å²) < 4.78 is 7.53. The SMILES string of the molecule is CCc1c(OCc2ccccc2)c(=O)ccn1CCC(=O)ON1C(=O)CCC1=O. The molecule has 8 nitrogen and oxygen atoms in total. The number of aryl methyl sites for hydroxylation is 1. The second-order valence-corrected chi connectivity index (χ2v) is 6.57. The first-order valence-electron chi connectivity index (χ1n) is 9.45. The number of pyridine rings is 1. The highest BCUT2D eigenvalue weighted by atomic mass is 16.7. The van der Waals surface area contributed by atoms with E-state index < -0.39 is 17.8 Å². The Labute approximate surface area is 167 Å². The highest BCUT2D eigenvalue weighted by molar-refractivity contribution is 6.01. The van der Waals surface area contributed by atoms with Crippen LogP contribution in [0.15, 0.2) is 47.4 Å². The molecule has 0 radical (unpaired) electrons. The highest BCUT2D eigenvalue weighted by Crippen LogP contribution is 2.17. The molecule has 1 aromatic heterocycles. The van der Waals surface area contributed by atoms with Crippen LogP contribution in [0.4, 0.5) is 0 Å². The zero-order chi connectivity index (χ0) is 20.8. The topological polar surface area (TPSA) is 94.9 Å². The van der Waals surface area contributed by atoms with E-state index in [2.05, 4.69) is 0 Å². The van der Waals surface area contributed by atoms with Crippen molar-refractivity contribution in [1.29, 1.82) is 0 Å². The summed E-state index contributed by atoms with van der Waals surface area (Å²) in [7, 11) is 0. The number of imide groups is 1. The number of ether oxygens (including phenoxy) is 1. The van der Waals surface area contributed by atoms with Crippen LogP contribution in [0.3, 0.4) is 0 Å². The van der Waals surface area contributed by atoms with Gasteiger partial charge >= 0.3 is 5.97 Å². The molecule has 8 heteroatoms. The minimum absolute atomic E-state index is 0.0495. The van der Waals surface area contributed by atoms with Crippen LogP contribution in [0.2, 0.25) is 0 Å². The van der Waals surface area contributed by atoms with Crippen molar-refractivity contribution in [2.75, 3.05) is 0 Å². The lowest BCUT2D eigenvalue weighted by Gasteiger charge is -2.17. The van der Waals surface area contributed by atoms with Crippen molar-refractivity contribution in [1.82, 2.24) is 9.63 Å². The van der Waals surface area contributed by atoms with Crippen molar-refractivity contribution in [2.45, 2.75) is 45.8 Å². The Morgan fingerprint density at radius 3 is 2.38 bits per heavy atom. The molecule has 1 aliphatic heterocycles. The molecule has 2 aromatic rings. The van der Waals surface area contributed by atoms with Gasteiger partial charge in [0.2, 0.25) is 5.43 Å². The third-order valence-electron chi connectivity index (χ3n) is 4.56. The zero-order valence-electron chi connectivity index (χ0n) is 16.1. The summed E-state index contributed by atoms with van der Waals surface area (Å²) in [6.45, 7) is 2.37. The molecule has 0 atom stereocenters. The Morgan fingerprint density at radius 1 is 1.03 bits per heavy atom. The maximum atomic E-state index is 12.3. The second-order valence-electron chi connectivity index (χ2n) is 6.57. The van der Waals surface area contributed by atoms with Gasteiger partial charge in [0.05, 0.1) is 12.1 Å². The molecule has 1 aliphatic rings. The maximum Gasteiger partial charge on any atom is 0.335 e. The largest absolute Gasteiger partial charge is 0.483 e. The van der Waals surface area contributed by atoms with Gasteiger partial charge in [-0.2, -0.15) is 0 Å². The molecule has 2 amide bonds.